The smallest absolute Gasteiger partial charge is 0.141 e. The van der Waals surface area contributed by atoms with Crippen LogP contribution in [0.3, 0.4) is 0 Å². The van der Waals surface area contributed by atoms with Crippen molar-refractivity contribution in [3.8, 4) is 11.5 Å². The Balaban J connectivity index is 1.98. The summed E-state index contributed by atoms with van der Waals surface area (Å²) >= 11 is 1.29. The maximum absolute atomic E-state index is 13.3. The van der Waals surface area contributed by atoms with Gasteiger partial charge in [0, 0.05) is 20.6 Å². The Labute approximate surface area is 163 Å². The van der Waals surface area contributed by atoms with Crippen molar-refractivity contribution >= 4 is 33.3 Å². The van der Waals surface area contributed by atoms with Gasteiger partial charge >= 0.3 is 0 Å². The van der Waals surface area contributed by atoms with Crippen LogP contribution in [-0.4, -0.2) is 14.4 Å². The number of phenolic OH excluding ortho intramolecular Hbond substituents is 2. The fourth-order valence-electron chi connectivity index (χ4n) is 2.89. The van der Waals surface area contributed by atoms with E-state index in [-0.39, 0.29) is 16.4 Å². The van der Waals surface area contributed by atoms with Crippen LogP contribution in [0.4, 0.5) is 0 Å². The van der Waals surface area contributed by atoms with Crippen LogP contribution in [-0.2, 0) is 10.8 Å². The quantitative estimate of drug-likeness (QED) is 0.446. The predicted molar refractivity (Wildman–Crippen MR) is 109 cm³/mol. The zero-order valence-corrected chi connectivity index (χ0v) is 15.8. The van der Waals surface area contributed by atoms with E-state index in [2.05, 4.69) is 0 Å². The number of hydrogen-bond acceptors (Lipinski definition) is 4. The first kappa shape index (κ1) is 17.6. The SMILES string of the molecule is O=S(c1ccccc1)c1c(Sc2ccccc2)c(O)c2ccccc2c1O. The minimum absolute atomic E-state index is 0.0246. The first-order valence-electron chi connectivity index (χ1n) is 8.33. The first-order chi connectivity index (χ1) is 13.2. The molecule has 0 aliphatic rings. The van der Waals surface area contributed by atoms with E-state index in [0.29, 0.717) is 20.6 Å². The average Bonchev–Trinajstić information content (AvgIpc) is 2.73. The second kappa shape index (κ2) is 7.47. The zero-order valence-electron chi connectivity index (χ0n) is 14.2. The lowest BCUT2D eigenvalue weighted by Crippen LogP contribution is -1.97. The molecule has 0 aliphatic heterocycles. The van der Waals surface area contributed by atoms with E-state index >= 15 is 0 Å². The second-order valence-corrected chi connectivity index (χ2v) is 8.40. The van der Waals surface area contributed by atoms with Crippen LogP contribution in [0, 0.1) is 0 Å². The summed E-state index contributed by atoms with van der Waals surface area (Å²) in [5.74, 6) is -0.0412. The van der Waals surface area contributed by atoms with Crippen molar-refractivity contribution in [2.24, 2.45) is 0 Å². The zero-order chi connectivity index (χ0) is 18.8. The van der Waals surface area contributed by atoms with E-state index in [4.69, 9.17) is 0 Å². The highest BCUT2D eigenvalue weighted by Crippen LogP contribution is 2.48. The monoisotopic (exact) mass is 392 g/mol. The Morgan fingerprint density at radius 1 is 0.667 bits per heavy atom. The molecule has 3 nitrogen and oxygen atoms in total. The molecule has 0 spiro atoms. The van der Waals surface area contributed by atoms with Crippen LogP contribution in [0.5, 0.6) is 11.5 Å². The number of hydrogen-bond donors (Lipinski definition) is 2. The molecule has 0 radical (unpaired) electrons. The Morgan fingerprint density at radius 2 is 1.19 bits per heavy atom. The molecule has 0 fully saturated rings. The maximum Gasteiger partial charge on any atom is 0.141 e. The highest BCUT2D eigenvalue weighted by Gasteiger charge is 2.24. The Morgan fingerprint density at radius 3 is 1.81 bits per heavy atom. The van der Waals surface area contributed by atoms with Crippen LogP contribution in [0.2, 0.25) is 0 Å². The van der Waals surface area contributed by atoms with Gasteiger partial charge in [-0.1, -0.05) is 72.4 Å². The molecule has 0 aromatic heterocycles. The van der Waals surface area contributed by atoms with Crippen LogP contribution in [0.25, 0.3) is 10.8 Å². The molecule has 1 atom stereocenters. The molecule has 0 bridgehead atoms. The molecule has 4 aromatic rings. The fourth-order valence-corrected chi connectivity index (χ4v) is 5.36. The van der Waals surface area contributed by atoms with Gasteiger partial charge in [-0.25, -0.2) is 4.21 Å². The highest BCUT2D eigenvalue weighted by molar-refractivity contribution is 8.00. The van der Waals surface area contributed by atoms with Crippen molar-refractivity contribution in [1.82, 2.24) is 0 Å². The largest absolute Gasteiger partial charge is 0.506 e. The number of aromatic hydroxyl groups is 2. The number of phenols is 2. The van der Waals surface area contributed by atoms with Gasteiger partial charge in [-0.15, -0.1) is 0 Å². The van der Waals surface area contributed by atoms with Crippen LogP contribution < -0.4 is 0 Å². The van der Waals surface area contributed by atoms with Gasteiger partial charge in [0.15, 0.2) is 0 Å². The van der Waals surface area contributed by atoms with Gasteiger partial charge in [0.25, 0.3) is 0 Å². The summed E-state index contributed by atoms with van der Waals surface area (Å²) in [5, 5.41) is 22.9. The first-order valence-corrected chi connectivity index (χ1v) is 10.3. The molecule has 4 rings (SSSR count). The molecular formula is C22H16O3S2. The minimum Gasteiger partial charge on any atom is -0.506 e. The van der Waals surface area contributed by atoms with Gasteiger partial charge in [0.1, 0.15) is 16.4 Å². The van der Waals surface area contributed by atoms with Gasteiger partial charge < -0.3 is 10.2 Å². The average molecular weight is 393 g/mol. The predicted octanol–water partition coefficient (Wildman–Crippen LogP) is 5.57. The summed E-state index contributed by atoms with van der Waals surface area (Å²) in [5.41, 5.74) is 0. The van der Waals surface area contributed by atoms with Crippen molar-refractivity contribution in [1.29, 1.82) is 0 Å². The lowest BCUT2D eigenvalue weighted by Gasteiger charge is -2.16. The molecule has 5 heteroatoms. The van der Waals surface area contributed by atoms with E-state index in [1.807, 2.05) is 36.4 Å². The Bertz CT molecular complexity index is 1130. The van der Waals surface area contributed by atoms with Gasteiger partial charge in [0.2, 0.25) is 0 Å². The molecule has 0 aliphatic carbocycles. The molecule has 4 aromatic carbocycles. The standard InChI is InChI=1S/C22H16O3S2/c23-19-17-13-7-8-14-18(17)20(24)22(27(25)16-11-5-2-6-12-16)21(19)26-15-9-3-1-4-10-15/h1-14,23-24H. The third-order valence-corrected chi connectivity index (χ3v) is 6.89. The van der Waals surface area contributed by atoms with Gasteiger partial charge in [0.05, 0.1) is 15.7 Å². The van der Waals surface area contributed by atoms with Gasteiger partial charge in [-0.2, -0.15) is 0 Å². The van der Waals surface area contributed by atoms with Crippen LogP contribution in [0.15, 0.2) is 105 Å². The number of benzene rings is 4. The highest BCUT2D eigenvalue weighted by atomic mass is 32.2. The number of rotatable bonds is 4. The van der Waals surface area contributed by atoms with Crippen molar-refractivity contribution in [3.05, 3.63) is 84.9 Å². The van der Waals surface area contributed by atoms with Crippen LogP contribution >= 0.6 is 11.8 Å². The number of fused-ring (bicyclic) bond motifs is 1. The minimum atomic E-state index is -1.64. The Kier molecular flexibility index (Phi) is 4.88. The van der Waals surface area contributed by atoms with Crippen molar-refractivity contribution in [2.75, 3.05) is 0 Å². The molecule has 27 heavy (non-hydrogen) atoms. The maximum atomic E-state index is 13.3. The van der Waals surface area contributed by atoms with E-state index in [1.54, 1.807) is 48.5 Å². The van der Waals surface area contributed by atoms with Crippen LogP contribution in [0.1, 0.15) is 0 Å². The third-order valence-electron chi connectivity index (χ3n) is 4.18. The lowest BCUT2D eigenvalue weighted by atomic mass is 10.1. The molecule has 134 valence electrons. The van der Waals surface area contributed by atoms with Crippen molar-refractivity contribution in [3.63, 3.8) is 0 Å². The van der Waals surface area contributed by atoms with Gasteiger partial charge in [-0.05, 0) is 24.3 Å². The summed E-state index contributed by atoms with van der Waals surface area (Å²) in [6.45, 7) is 0. The fraction of sp³-hybridized carbons (Fsp3) is 0. The molecule has 0 saturated heterocycles. The van der Waals surface area contributed by atoms with E-state index in [1.165, 1.54) is 11.8 Å². The molecule has 2 N–H and O–H groups in total. The second-order valence-electron chi connectivity index (χ2n) is 5.90. The molecule has 0 saturated carbocycles. The Hall–Kier alpha value is -2.76. The molecule has 1 unspecified atom stereocenters. The summed E-state index contributed by atoms with van der Waals surface area (Å²) in [7, 11) is -1.64. The third kappa shape index (κ3) is 3.31. The van der Waals surface area contributed by atoms with Gasteiger partial charge in [-0.3, -0.25) is 0 Å². The molecule has 0 heterocycles. The summed E-state index contributed by atoms with van der Waals surface area (Å²) in [6, 6.07) is 25.5. The van der Waals surface area contributed by atoms with Crippen molar-refractivity contribution < 1.29 is 14.4 Å². The summed E-state index contributed by atoms with van der Waals surface area (Å²) in [6.07, 6.45) is 0. The molecular weight excluding hydrogens is 376 g/mol. The van der Waals surface area contributed by atoms with E-state index in [0.717, 1.165) is 4.90 Å². The van der Waals surface area contributed by atoms with E-state index in [9.17, 15) is 14.4 Å². The summed E-state index contributed by atoms with van der Waals surface area (Å²) in [4.78, 5) is 2.08. The summed E-state index contributed by atoms with van der Waals surface area (Å²) < 4.78 is 13.3. The normalized spacial score (nSPS) is 12.1. The lowest BCUT2D eigenvalue weighted by molar-refractivity contribution is 0.444. The van der Waals surface area contributed by atoms with E-state index < -0.39 is 10.8 Å². The topological polar surface area (TPSA) is 57.5 Å². The van der Waals surface area contributed by atoms with Crippen molar-refractivity contribution in [2.45, 2.75) is 19.6 Å². The molecule has 0 amide bonds.